The summed E-state index contributed by atoms with van der Waals surface area (Å²) in [7, 11) is 0. The number of phenolic OH excluding ortho intramolecular Hbond substituents is 1. The molecule has 0 aliphatic carbocycles. The molecule has 50 heavy (non-hydrogen) atoms. The van der Waals surface area contributed by atoms with Crippen molar-refractivity contribution in [3.8, 4) is 29.6 Å². The standard InChI is InChI=1S/C38H32N2O7S3/c1-4-34(43)45-17-7-8-18-46-35-23(2)19-27(20-24(35)3)36(44)47-28-14-12-26(13-15-28)31(42)21-25-11-16-30(41)33(22-25)50-38(48)40-37-39-29-9-5-6-10-32(29)49-37/h1,5-6,9-16,19-20,22,41H,7-8,17-18,21H2,2-3H3,(H,39,40,48). The third kappa shape index (κ3) is 9.69. The lowest BCUT2D eigenvalue weighted by molar-refractivity contribution is -0.136. The molecule has 0 atom stereocenters. The van der Waals surface area contributed by atoms with E-state index in [1.807, 2.05) is 44.0 Å². The van der Waals surface area contributed by atoms with Crippen molar-refractivity contribution in [3.05, 3.63) is 107 Å². The van der Waals surface area contributed by atoms with Crippen LogP contribution < -0.4 is 14.8 Å². The van der Waals surface area contributed by atoms with Gasteiger partial charge in [0, 0.05) is 17.9 Å². The number of fused-ring (bicyclic) bond motifs is 1. The number of unbranched alkanes of at least 4 members (excludes halogenated alkanes) is 1. The maximum Gasteiger partial charge on any atom is 0.384 e. The number of hydrogen-bond donors (Lipinski definition) is 2. The highest BCUT2D eigenvalue weighted by Gasteiger charge is 2.16. The number of ketones is 1. The molecule has 4 aromatic carbocycles. The minimum Gasteiger partial charge on any atom is -0.507 e. The topological polar surface area (TPSA) is 124 Å². The number of Topliss-reactive ketones (excluding diaryl/α,β-unsaturated/α-hetero) is 1. The van der Waals surface area contributed by atoms with Crippen molar-refractivity contribution >= 4 is 72.7 Å². The highest BCUT2D eigenvalue weighted by atomic mass is 32.2. The molecule has 12 heteroatoms. The number of esters is 2. The monoisotopic (exact) mass is 724 g/mol. The second-order valence-electron chi connectivity index (χ2n) is 11.1. The number of nitrogens with one attached hydrogen (secondary N) is 1. The van der Waals surface area contributed by atoms with Crippen LogP contribution in [-0.4, -0.2) is 45.3 Å². The van der Waals surface area contributed by atoms with E-state index >= 15 is 0 Å². The Balaban J connectivity index is 1.13. The summed E-state index contributed by atoms with van der Waals surface area (Å²) in [6.45, 7) is 4.33. The van der Waals surface area contributed by atoms with E-state index in [1.165, 1.54) is 23.1 Å². The van der Waals surface area contributed by atoms with Gasteiger partial charge in [0.15, 0.2) is 10.9 Å². The summed E-state index contributed by atoms with van der Waals surface area (Å²) in [5, 5.41) is 14.2. The fourth-order valence-electron chi connectivity index (χ4n) is 4.93. The first-order valence-corrected chi connectivity index (χ1v) is 17.5. The van der Waals surface area contributed by atoms with Crippen LogP contribution in [0, 0.1) is 26.2 Å². The molecule has 0 saturated carbocycles. The number of nitrogens with zero attached hydrogens (tertiary/aromatic N) is 1. The van der Waals surface area contributed by atoms with Crippen LogP contribution in [0.2, 0.25) is 0 Å². The van der Waals surface area contributed by atoms with Crippen LogP contribution in [0.25, 0.3) is 10.2 Å². The van der Waals surface area contributed by atoms with Crippen LogP contribution in [0.3, 0.4) is 0 Å². The molecule has 5 aromatic rings. The summed E-state index contributed by atoms with van der Waals surface area (Å²) >= 11 is 8.16. The van der Waals surface area contributed by atoms with E-state index in [1.54, 1.807) is 54.6 Å². The fraction of sp³-hybridized carbons (Fsp3) is 0.184. The molecular weight excluding hydrogens is 693 g/mol. The number of terminal acetylenes is 1. The van der Waals surface area contributed by atoms with E-state index in [0.29, 0.717) is 62.0 Å². The van der Waals surface area contributed by atoms with Crippen LogP contribution in [0.15, 0.2) is 83.8 Å². The average molecular weight is 725 g/mol. The zero-order valence-electron chi connectivity index (χ0n) is 27.2. The zero-order valence-corrected chi connectivity index (χ0v) is 29.6. The third-order valence-electron chi connectivity index (χ3n) is 7.31. The minimum absolute atomic E-state index is 0.0522. The number of carbonyl (C=O) groups excluding carboxylic acids is 3. The van der Waals surface area contributed by atoms with Gasteiger partial charge in [-0.1, -0.05) is 53.5 Å². The Morgan fingerprint density at radius 1 is 0.960 bits per heavy atom. The van der Waals surface area contributed by atoms with Gasteiger partial charge in [-0.3, -0.25) is 4.79 Å². The zero-order chi connectivity index (χ0) is 35.6. The van der Waals surface area contributed by atoms with E-state index in [2.05, 4.69) is 10.3 Å². The SMILES string of the molecule is C#CC(=O)OCCCCOc1c(C)cc(C(=O)Oc2ccc(C(=O)Cc3ccc(O)c(SC(=S)Nc4nc5ccccc5s4)c3)cc2)cc1C. The third-order valence-corrected chi connectivity index (χ3v) is 9.45. The van der Waals surface area contributed by atoms with Gasteiger partial charge in [0.2, 0.25) is 0 Å². The number of phenols is 1. The normalized spacial score (nSPS) is 10.7. The molecule has 0 unspecified atom stereocenters. The quantitative estimate of drug-likeness (QED) is 0.0179. The first-order chi connectivity index (χ1) is 24.1. The van der Waals surface area contributed by atoms with Crippen molar-refractivity contribution in [2.75, 3.05) is 18.5 Å². The highest BCUT2D eigenvalue weighted by molar-refractivity contribution is 8.23. The van der Waals surface area contributed by atoms with Crippen molar-refractivity contribution in [2.24, 2.45) is 0 Å². The van der Waals surface area contributed by atoms with Crippen molar-refractivity contribution in [2.45, 2.75) is 38.0 Å². The van der Waals surface area contributed by atoms with Crippen LogP contribution in [0.5, 0.6) is 17.2 Å². The predicted molar refractivity (Wildman–Crippen MR) is 200 cm³/mol. The smallest absolute Gasteiger partial charge is 0.384 e. The van der Waals surface area contributed by atoms with Gasteiger partial charge in [-0.2, -0.15) is 0 Å². The average Bonchev–Trinajstić information content (AvgIpc) is 3.51. The van der Waals surface area contributed by atoms with Gasteiger partial charge in [-0.25, -0.2) is 14.6 Å². The Kier molecular flexibility index (Phi) is 12.2. The lowest BCUT2D eigenvalue weighted by Crippen LogP contribution is -2.11. The molecule has 0 saturated heterocycles. The second kappa shape index (κ2) is 16.9. The number of benzene rings is 4. The van der Waals surface area contributed by atoms with Gasteiger partial charge < -0.3 is 24.6 Å². The fourth-order valence-corrected chi connectivity index (χ4v) is 7.03. The van der Waals surface area contributed by atoms with Crippen LogP contribution in [-0.2, 0) is 16.0 Å². The lowest BCUT2D eigenvalue weighted by atomic mass is 10.0. The first kappa shape index (κ1) is 36.1. The molecular formula is C38H32N2O7S3. The summed E-state index contributed by atoms with van der Waals surface area (Å²) in [4.78, 5) is 42.1. The van der Waals surface area contributed by atoms with Gasteiger partial charge in [0.05, 0.1) is 33.9 Å². The highest BCUT2D eigenvalue weighted by Crippen LogP contribution is 2.33. The number of carbonyl (C=O) groups is 3. The van der Waals surface area contributed by atoms with Gasteiger partial charge >= 0.3 is 11.9 Å². The Hall–Kier alpha value is -5.22. The molecule has 0 amide bonds. The van der Waals surface area contributed by atoms with Gasteiger partial charge in [-0.05, 0) is 104 Å². The number of thioether (sulfide) groups is 1. The molecule has 2 N–H and O–H groups in total. The molecule has 0 aliphatic heterocycles. The maximum atomic E-state index is 13.1. The summed E-state index contributed by atoms with van der Waals surface area (Å²) in [6, 6.07) is 22.5. The number of aromatic hydroxyl groups is 1. The van der Waals surface area contributed by atoms with E-state index in [-0.39, 0.29) is 24.6 Å². The van der Waals surface area contributed by atoms with E-state index in [4.69, 9.17) is 32.9 Å². The Morgan fingerprint density at radius 3 is 2.40 bits per heavy atom. The summed E-state index contributed by atoms with van der Waals surface area (Å²) in [6.07, 6.45) is 6.33. The number of anilines is 1. The number of aromatic nitrogens is 1. The number of aryl methyl sites for hydroxylation is 2. The molecule has 9 nitrogen and oxygen atoms in total. The molecule has 0 aliphatic rings. The maximum absolute atomic E-state index is 13.1. The molecule has 0 radical (unpaired) electrons. The molecule has 1 aromatic heterocycles. The van der Waals surface area contributed by atoms with Gasteiger partial charge in [-0.15, -0.1) is 6.42 Å². The van der Waals surface area contributed by atoms with Crippen molar-refractivity contribution in [1.82, 2.24) is 4.98 Å². The van der Waals surface area contributed by atoms with E-state index in [9.17, 15) is 19.5 Å². The summed E-state index contributed by atoms with van der Waals surface area (Å²) < 4.78 is 17.8. The van der Waals surface area contributed by atoms with E-state index in [0.717, 1.165) is 21.3 Å². The number of thiocarbonyl (C=S) groups is 1. The molecule has 0 bridgehead atoms. The minimum atomic E-state index is -0.684. The first-order valence-electron chi connectivity index (χ1n) is 15.5. The Labute approximate surface area is 303 Å². The second-order valence-corrected chi connectivity index (χ2v) is 13.8. The Bertz CT molecular complexity index is 2050. The van der Waals surface area contributed by atoms with Crippen LogP contribution in [0.1, 0.15) is 50.2 Å². The molecule has 5 rings (SSSR count). The number of para-hydroxylation sites is 1. The molecule has 1 heterocycles. The number of hydrogen-bond acceptors (Lipinski definition) is 11. The summed E-state index contributed by atoms with van der Waals surface area (Å²) in [5.41, 5.74) is 3.94. The van der Waals surface area contributed by atoms with Crippen molar-refractivity contribution in [1.29, 1.82) is 0 Å². The van der Waals surface area contributed by atoms with Crippen LogP contribution >= 0.6 is 35.3 Å². The number of rotatable bonds is 13. The van der Waals surface area contributed by atoms with Gasteiger partial charge in [0.1, 0.15) is 21.6 Å². The Morgan fingerprint density at radius 2 is 1.68 bits per heavy atom. The van der Waals surface area contributed by atoms with E-state index < -0.39 is 11.9 Å². The lowest BCUT2D eigenvalue weighted by Gasteiger charge is -2.14. The summed E-state index contributed by atoms with van der Waals surface area (Å²) in [5.74, 6) is 1.56. The molecule has 0 spiro atoms. The van der Waals surface area contributed by atoms with Crippen molar-refractivity contribution < 1.29 is 33.7 Å². The number of thiazole rings is 1. The van der Waals surface area contributed by atoms with Crippen molar-refractivity contribution in [3.63, 3.8) is 0 Å². The number of ether oxygens (including phenoxy) is 3. The van der Waals surface area contributed by atoms with Gasteiger partial charge in [0.25, 0.3) is 0 Å². The van der Waals surface area contributed by atoms with Crippen LogP contribution in [0.4, 0.5) is 5.13 Å². The largest absolute Gasteiger partial charge is 0.507 e. The molecule has 254 valence electrons. The predicted octanol–water partition coefficient (Wildman–Crippen LogP) is 8.09. The molecule has 0 fully saturated rings.